The van der Waals surface area contributed by atoms with Gasteiger partial charge >= 0.3 is 6.03 Å². The molecule has 1 aromatic rings. The normalized spacial score (nSPS) is 17.7. The molecule has 0 unspecified atom stereocenters. The second-order valence-corrected chi connectivity index (χ2v) is 7.93. The van der Waals surface area contributed by atoms with Crippen LogP contribution in [-0.2, 0) is 24.4 Å². The van der Waals surface area contributed by atoms with Gasteiger partial charge in [-0.2, -0.15) is 5.10 Å². The Kier molecular flexibility index (Phi) is 6.36. The summed E-state index contributed by atoms with van der Waals surface area (Å²) in [5.41, 5.74) is 1.87. The third-order valence-corrected chi connectivity index (χ3v) is 5.53. The minimum Gasteiger partial charge on any atom is -0.349 e. The highest BCUT2D eigenvalue weighted by Gasteiger charge is 2.23. The SMILES string of the molecule is CN(C)C(=O)N1CCCn2nc(CNC(=O)CN(C)C3CCCC3)cc2C1. The van der Waals surface area contributed by atoms with Gasteiger partial charge in [-0.3, -0.25) is 14.4 Å². The number of urea groups is 1. The first kappa shape index (κ1) is 19.7. The second-order valence-electron chi connectivity index (χ2n) is 7.93. The van der Waals surface area contributed by atoms with Gasteiger partial charge in [0.05, 0.1) is 31.0 Å². The molecule has 0 aromatic carbocycles. The summed E-state index contributed by atoms with van der Waals surface area (Å²) in [6.45, 7) is 2.95. The van der Waals surface area contributed by atoms with Crippen LogP contribution in [-0.4, -0.2) is 76.7 Å². The number of rotatable bonds is 5. The Morgan fingerprint density at radius 3 is 2.63 bits per heavy atom. The lowest BCUT2D eigenvalue weighted by atomic mass is 10.2. The molecular weight excluding hydrogens is 344 g/mol. The lowest BCUT2D eigenvalue weighted by molar-refractivity contribution is -0.122. The highest BCUT2D eigenvalue weighted by Crippen LogP contribution is 2.22. The standard InChI is InChI=1S/C19H32N6O2/c1-22(2)19(27)24-9-6-10-25-17(13-24)11-15(21-25)12-20-18(26)14-23(3)16-7-4-5-8-16/h11,16H,4-10,12-14H2,1-3H3,(H,20,26). The minimum atomic E-state index is 0.0226. The topological polar surface area (TPSA) is 73.7 Å². The van der Waals surface area contributed by atoms with Gasteiger partial charge in [-0.25, -0.2) is 4.79 Å². The number of fused-ring (bicyclic) bond motifs is 1. The molecule has 8 heteroatoms. The summed E-state index contributed by atoms with van der Waals surface area (Å²) in [6.07, 6.45) is 5.81. The number of aromatic nitrogens is 2. The largest absolute Gasteiger partial charge is 0.349 e. The van der Waals surface area contributed by atoms with Crippen molar-refractivity contribution in [2.24, 2.45) is 0 Å². The maximum atomic E-state index is 12.3. The maximum absolute atomic E-state index is 12.3. The van der Waals surface area contributed by atoms with Crippen molar-refractivity contribution in [1.29, 1.82) is 0 Å². The lowest BCUT2D eigenvalue weighted by Gasteiger charge is -2.24. The van der Waals surface area contributed by atoms with Crippen molar-refractivity contribution < 1.29 is 9.59 Å². The average molecular weight is 377 g/mol. The van der Waals surface area contributed by atoms with Crippen LogP contribution in [0.3, 0.4) is 0 Å². The number of aryl methyl sites for hydroxylation is 1. The second kappa shape index (κ2) is 8.73. The van der Waals surface area contributed by atoms with Crippen LogP contribution in [0, 0.1) is 0 Å². The fourth-order valence-corrected chi connectivity index (χ4v) is 4.00. The molecule has 27 heavy (non-hydrogen) atoms. The Morgan fingerprint density at radius 2 is 1.93 bits per heavy atom. The first-order valence-corrected chi connectivity index (χ1v) is 9.93. The molecule has 0 radical (unpaired) electrons. The van der Waals surface area contributed by atoms with E-state index in [4.69, 9.17) is 0 Å². The van der Waals surface area contributed by atoms with Crippen LogP contribution in [0.2, 0.25) is 0 Å². The molecule has 1 N–H and O–H groups in total. The highest BCUT2D eigenvalue weighted by atomic mass is 16.2. The van der Waals surface area contributed by atoms with E-state index in [1.165, 1.54) is 25.7 Å². The fourth-order valence-electron chi connectivity index (χ4n) is 4.00. The predicted octanol–water partition coefficient (Wildman–Crippen LogP) is 1.26. The molecule has 8 nitrogen and oxygen atoms in total. The van der Waals surface area contributed by atoms with E-state index in [1.54, 1.807) is 19.0 Å². The quantitative estimate of drug-likeness (QED) is 0.840. The zero-order chi connectivity index (χ0) is 19.4. The highest BCUT2D eigenvalue weighted by molar-refractivity contribution is 5.78. The van der Waals surface area contributed by atoms with Crippen LogP contribution in [0.4, 0.5) is 4.79 Å². The molecule has 2 aliphatic rings. The summed E-state index contributed by atoms with van der Waals surface area (Å²) in [7, 11) is 5.58. The summed E-state index contributed by atoms with van der Waals surface area (Å²) < 4.78 is 1.97. The van der Waals surface area contributed by atoms with Gasteiger partial charge in [0.2, 0.25) is 5.91 Å². The van der Waals surface area contributed by atoms with Crippen molar-refractivity contribution in [3.05, 3.63) is 17.5 Å². The molecule has 0 atom stereocenters. The van der Waals surface area contributed by atoms with Crippen LogP contribution in [0.1, 0.15) is 43.5 Å². The number of hydrogen-bond acceptors (Lipinski definition) is 4. The van der Waals surface area contributed by atoms with Crippen molar-refractivity contribution in [3.8, 4) is 0 Å². The lowest BCUT2D eigenvalue weighted by Crippen LogP contribution is -2.39. The minimum absolute atomic E-state index is 0.0226. The van der Waals surface area contributed by atoms with Crippen molar-refractivity contribution in [3.63, 3.8) is 0 Å². The zero-order valence-corrected chi connectivity index (χ0v) is 16.8. The van der Waals surface area contributed by atoms with Gasteiger partial charge in [0.25, 0.3) is 0 Å². The smallest absolute Gasteiger partial charge is 0.319 e. The molecule has 0 spiro atoms. The summed E-state index contributed by atoms with van der Waals surface area (Å²) in [5, 5.41) is 7.60. The third kappa shape index (κ3) is 5.00. The Bertz CT molecular complexity index is 665. The van der Waals surface area contributed by atoms with Crippen LogP contribution in [0.25, 0.3) is 0 Å². The van der Waals surface area contributed by atoms with Gasteiger partial charge in [0.15, 0.2) is 0 Å². The van der Waals surface area contributed by atoms with E-state index >= 15 is 0 Å². The Morgan fingerprint density at radius 1 is 1.19 bits per heavy atom. The Balaban J connectivity index is 1.52. The van der Waals surface area contributed by atoms with E-state index in [9.17, 15) is 9.59 Å². The molecule has 1 aliphatic heterocycles. The van der Waals surface area contributed by atoms with E-state index in [0.29, 0.717) is 25.7 Å². The molecule has 1 aromatic heterocycles. The zero-order valence-electron chi connectivity index (χ0n) is 16.8. The fraction of sp³-hybridized carbons (Fsp3) is 0.737. The summed E-state index contributed by atoms with van der Waals surface area (Å²) >= 11 is 0. The van der Waals surface area contributed by atoms with E-state index in [-0.39, 0.29) is 11.9 Å². The van der Waals surface area contributed by atoms with Crippen molar-refractivity contribution in [2.45, 2.75) is 57.8 Å². The number of nitrogens with one attached hydrogen (secondary N) is 1. The Hall–Kier alpha value is -2.09. The van der Waals surface area contributed by atoms with Crippen LogP contribution in [0.5, 0.6) is 0 Å². The number of carbonyl (C=O) groups is 2. The molecule has 1 saturated carbocycles. The summed E-state index contributed by atoms with van der Waals surface area (Å²) in [4.78, 5) is 30.1. The molecular formula is C19H32N6O2. The molecule has 1 fully saturated rings. The third-order valence-electron chi connectivity index (χ3n) is 5.53. The molecule has 0 bridgehead atoms. The molecule has 150 valence electrons. The Labute approximate surface area is 161 Å². The van der Waals surface area contributed by atoms with E-state index < -0.39 is 0 Å². The number of likely N-dealkylation sites (N-methyl/N-ethyl adjacent to an activating group) is 1. The first-order valence-electron chi connectivity index (χ1n) is 9.93. The predicted molar refractivity (Wildman–Crippen MR) is 103 cm³/mol. The molecule has 2 heterocycles. The molecule has 0 saturated heterocycles. The van der Waals surface area contributed by atoms with Gasteiger partial charge < -0.3 is 15.1 Å². The molecule has 3 rings (SSSR count). The van der Waals surface area contributed by atoms with Gasteiger partial charge in [-0.1, -0.05) is 12.8 Å². The number of amides is 3. The van der Waals surface area contributed by atoms with Crippen molar-refractivity contribution >= 4 is 11.9 Å². The van der Waals surface area contributed by atoms with Gasteiger partial charge in [0, 0.05) is 33.2 Å². The molecule has 3 amide bonds. The monoisotopic (exact) mass is 376 g/mol. The van der Waals surface area contributed by atoms with Crippen molar-refractivity contribution in [2.75, 3.05) is 34.2 Å². The van der Waals surface area contributed by atoms with Gasteiger partial charge in [-0.05, 0) is 32.4 Å². The maximum Gasteiger partial charge on any atom is 0.319 e. The number of nitrogens with zero attached hydrogens (tertiary/aromatic N) is 5. The summed E-state index contributed by atoms with van der Waals surface area (Å²) in [6, 6.07) is 2.57. The van der Waals surface area contributed by atoms with Crippen molar-refractivity contribution in [1.82, 2.24) is 29.8 Å². The van der Waals surface area contributed by atoms with Crippen LogP contribution in [0.15, 0.2) is 6.07 Å². The summed E-state index contributed by atoms with van der Waals surface area (Å²) in [5.74, 6) is 0.0389. The van der Waals surface area contributed by atoms with Gasteiger partial charge in [-0.15, -0.1) is 0 Å². The van der Waals surface area contributed by atoms with Crippen LogP contribution < -0.4 is 5.32 Å². The van der Waals surface area contributed by atoms with Crippen LogP contribution >= 0.6 is 0 Å². The average Bonchev–Trinajstić information content (AvgIpc) is 3.25. The van der Waals surface area contributed by atoms with Gasteiger partial charge in [0.1, 0.15) is 0 Å². The number of hydrogen-bond donors (Lipinski definition) is 1. The van der Waals surface area contributed by atoms with E-state index in [2.05, 4.69) is 15.3 Å². The number of carbonyl (C=O) groups excluding carboxylic acids is 2. The first-order chi connectivity index (χ1) is 12.9. The van der Waals surface area contributed by atoms with E-state index in [1.807, 2.05) is 22.7 Å². The van der Waals surface area contributed by atoms with E-state index in [0.717, 1.165) is 30.9 Å². The molecule has 1 aliphatic carbocycles.